The molecule has 0 aromatic heterocycles. The molecule has 0 spiro atoms. The Labute approximate surface area is 124 Å². The highest BCUT2D eigenvalue weighted by Gasteiger charge is 2.11. The number of rotatable bonds is 4. The maximum Gasteiger partial charge on any atom is 0.237 e. The predicted molar refractivity (Wildman–Crippen MR) is 81.9 cm³/mol. The van der Waals surface area contributed by atoms with Gasteiger partial charge in [0, 0.05) is 16.3 Å². The lowest BCUT2D eigenvalue weighted by Crippen LogP contribution is -2.20. The fraction of sp³-hybridized carbons (Fsp3) is 0.133. The fourth-order valence-corrected chi connectivity index (χ4v) is 2.72. The molecule has 0 saturated heterocycles. The fourth-order valence-electron chi connectivity index (χ4n) is 1.80. The summed E-state index contributed by atoms with van der Waals surface area (Å²) in [7, 11) is -1.51. The van der Waals surface area contributed by atoms with Crippen LogP contribution in [0.15, 0.2) is 47.4 Å². The molecule has 4 nitrogen and oxygen atoms in total. The third-order valence-corrected chi connectivity index (χ3v) is 4.19. The van der Waals surface area contributed by atoms with Crippen molar-refractivity contribution >= 4 is 28.1 Å². The van der Waals surface area contributed by atoms with Crippen LogP contribution in [0.4, 0.5) is 15.8 Å². The van der Waals surface area contributed by atoms with Crippen molar-refractivity contribution in [3.05, 3.63) is 53.8 Å². The molecule has 6 heteroatoms. The van der Waals surface area contributed by atoms with Crippen molar-refractivity contribution in [3.8, 4) is 0 Å². The third-order valence-electron chi connectivity index (χ3n) is 2.86. The van der Waals surface area contributed by atoms with E-state index in [0.717, 1.165) is 5.56 Å². The molecule has 0 radical (unpaired) electrons. The Morgan fingerprint density at radius 2 is 1.90 bits per heavy atom. The van der Waals surface area contributed by atoms with Crippen LogP contribution in [-0.2, 0) is 15.6 Å². The molecule has 0 heterocycles. The van der Waals surface area contributed by atoms with Crippen LogP contribution >= 0.6 is 0 Å². The van der Waals surface area contributed by atoms with Gasteiger partial charge in [-0.2, -0.15) is 0 Å². The van der Waals surface area contributed by atoms with Crippen molar-refractivity contribution in [2.45, 2.75) is 11.8 Å². The minimum atomic E-state index is -1.51. The standard InChI is InChI=1S/C15H15FN2O2S/c1-10-8-12(17)4-7-14(10)18-15(19)9-21(20)13-5-2-11(16)3-6-13/h2-8H,9,17H2,1H3,(H,18,19). The summed E-state index contributed by atoms with van der Waals surface area (Å²) in [6.07, 6.45) is 0. The second kappa shape index (κ2) is 6.49. The first-order valence-electron chi connectivity index (χ1n) is 6.25. The van der Waals surface area contributed by atoms with Gasteiger partial charge in [-0.15, -0.1) is 0 Å². The molecule has 2 rings (SSSR count). The molecule has 1 atom stereocenters. The van der Waals surface area contributed by atoms with Crippen LogP contribution < -0.4 is 11.1 Å². The summed E-state index contributed by atoms with van der Waals surface area (Å²) >= 11 is 0. The monoisotopic (exact) mass is 306 g/mol. The van der Waals surface area contributed by atoms with E-state index in [4.69, 9.17) is 5.73 Å². The van der Waals surface area contributed by atoms with E-state index in [1.807, 2.05) is 6.92 Å². The lowest BCUT2D eigenvalue weighted by atomic mass is 10.2. The van der Waals surface area contributed by atoms with Crippen molar-refractivity contribution in [2.75, 3.05) is 16.8 Å². The molecule has 2 aromatic rings. The Hall–Kier alpha value is -2.21. The van der Waals surface area contributed by atoms with Crippen LogP contribution in [0.2, 0.25) is 0 Å². The molecule has 0 bridgehead atoms. The number of aryl methyl sites for hydroxylation is 1. The van der Waals surface area contributed by atoms with Gasteiger partial charge in [-0.25, -0.2) is 4.39 Å². The van der Waals surface area contributed by atoms with Crippen molar-refractivity contribution < 1.29 is 13.4 Å². The summed E-state index contributed by atoms with van der Waals surface area (Å²) < 4.78 is 24.8. The Balaban J connectivity index is 2.01. The lowest BCUT2D eigenvalue weighted by Gasteiger charge is -2.09. The van der Waals surface area contributed by atoms with Gasteiger partial charge in [0.2, 0.25) is 5.91 Å². The van der Waals surface area contributed by atoms with Gasteiger partial charge in [0.1, 0.15) is 11.6 Å². The molecule has 2 aromatic carbocycles. The van der Waals surface area contributed by atoms with Gasteiger partial charge >= 0.3 is 0 Å². The van der Waals surface area contributed by atoms with Gasteiger partial charge < -0.3 is 11.1 Å². The molecule has 21 heavy (non-hydrogen) atoms. The Kier molecular flexibility index (Phi) is 4.70. The van der Waals surface area contributed by atoms with Crippen LogP contribution in [0.5, 0.6) is 0 Å². The van der Waals surface area contributed by atoms with Crippen LogP contribution in [0.1, 0.15) is 5.56 Å². The number of hydrogen-bond donors (Lipinski definition) is 2. The summed E-state index contributed by atoms with van der Waals surface area (Å²) in [6.45, 7) is 1.82. The van der Waals surface area contributed by atoms with Crippen LogP contribution in [0.25, 0.3) is 0 Å². The molecule has 0 fully saturated rings. The van der Waals surface area contributed by atoms with E-state index < -0.39 is 16.6 Å². The average Bonchev–Trinajstić information content (AvgIpc) is 2.42. The molecule has 0 aliphatic carbocycles. The van der Waals surface area contributed by atoms with Gasteiger partial charge in [-0.1, -0.05) is 0 Å². The first-order valence-corrected chi connectivity index (χ1v) is 7.57. The number of halogens is 1. The summed E-state index contributed by atoms with van der Waals surface area (Å²) in [4.78, 5) is 12.3. The number of nitrogens with two attached hydrogens (primary N) is 1. The van der Waals surface area contributed by atoms with Crippen molar-refractivity contribution in [3.63, 3.8) is 0 Å². The first kappa shape index (κ1) is 15.2. The number of anilines is 2. The largest absolute Gasteiger partial charge is 0.399 e. The van der Waals surface area contributed by atoms with Gasteiger partial charge in [-0.3, -0.25) is 9.00 Å². The lowest BCUT2D eigenvalue weighted by molar-refractivity contribution is -0.113. The normalized spacial score (nSPS) is 11.9. The van der Waals surface area contributed by atoms with Gasteiger partial charge in [0.05, 0.1) is 10.8 Å². The van der Waals surface area contributed by atoms with E-state index in [1.165, 1.54) is 24.3 Å². The van der Waals surface area contributed by atoms with E-state index in [0.29, 0.717) is 16.3 Å². The molecule has 3 N–H and O–H groups in total. The smallest absolute Gasteiger partial charge is 0.237 e. The number of carbonyl (C=O) groups excluding carboxylic acids is 1. The summed E-state index contributed by atoms with van der Waals surface area (Å²) in [5.74, 6) is -0.960. The van der Waals surface area contributed by atoms with Crippen molar-refractivity contribution in [1.82, 2.24) is 0 Å². The summed E-state index contributed by atoms with van der Waals surface area (Å²) in [5.41, 5.74) is 7.71. The minimum Gasteiger partial charge on any atom is -0.399 e. The topological polar surface area (TPSA) is 72.2 Å². The summed E-state index contributed by atoms with van der Waals surface area (Å²) in [5, 5.41) is 2.69. The average molecular weight is 306 g/mol. The number of nitrogens with one attached hydrogen (secondary N) is 1. The number of benzene rings is 2. The number of carbonyl (C=O) groups is 1. The molecule has 1 amide bonds. The highest BCUT2D eigenvalue weighted by atomic mass is 32.2. The SMILES string of the molecule is Cc1cc(N)ccc1NC(=O)CS(=O)c1ccc(F)cc1. The number of nitrogen functional groups attached to an aromatic ring is 1. The van der Waals surface area contributed by atoms with E-state index in [9.17, 15) is 13.4 Å². The Bertz CT molecular complexity index is 687. The molecule has 1 unspecified atom stereocenters. The Morgan fingerprint density at radius 1 is 1.24 bits per heavy atom. The van der Waals surface area contributed by atoms with Gasteiger partial charge in [0.15, 0.2) is 0 Å². The maximum absolute atomic E-state index is 12.8. The second-order valence-corrected chi connectivity index (χ2v) is 6.02. The molecule has 110 valence electrons. The third kappa shape index (κ3) is 4.13. The van der Waals surface area contributed by atoms with E-state index in [2.05, 4.69) is 5.32 Å². The zero-order valence-corrected chi connectivity index (χ0v) is 12.2. The van der Waals surface area contributed by atoms with E-state index in [1.54, 1.807) is 18.2 Å². The van der Waals surface area contributed by atoms with E-state index in [-0.39, 0.29) is 11.7 Å². The first-order chi connectivity index (χ1) is 9.95. The van der Waals surface area contributed by atoms with Crippen LogP contribution in [-0.4, -0.2) is 15.9 Å². The highest BCUT2D eigenvalue weighted by molar-refractivity contribution is 7.85. The molecular weight excluding hydrogens is 291 g/mol. The number of amides is 1. The molecule has 0 aliphatic heterocycles. The quantitative estimate of drug-likeness (QED) is 0.852. The van der Waals surface area contributed by atoms with Crippen LogP contribution in [0.3, 0.4) is 0 Å². The van der Waals surface area contributed by atoms with E-state index >= 15 is 0 Å². The maximum atomic E-state index is 12.8. The van der Waals surface area contributed by atoms with Gasteiger partial charge in [-0.05, 0) is 55.0 Å². The zero-order chi connectivity index (χ0) is 15.4. The second-order valence-electron chi connectivity index (χ2n) is 4.57. The highest BCUT2D eigenvalue weighted by Crippen LogP contribution is 2.17. The molecular formula is C15H15FN2O2S. The predicted octanol–water partition coefficient (Wildman–Crippen LogP) is 2.46. The molecule has 0 aliphatic rings. The minimum absolute atomic E-state index is 0.185. The Morgan fingerprint density at radius 3 is 2.52 bits per heavy atom. The summed E-state index contributed by atoms with van der Waals surface area (Å²) in [6, 6.07) is 10.4. The number of hydrogen-bond acceptors (Lipinski definition) is 3. The zero-order valence-electron chi connectivity index (χ0n) is 11.4. The van der Waals surface area contributed by atoms with Gasteiger partial charge in [0.25, 0.3) is 0 Å². The van der Waals surface area contributed by atoms with Crippen molar-refractivity contribution in [2.24, 2.45) is 0 Å². The molecule has 0 saturated carbocycles. The van der Waals surface area contributed by atoms with Crippen molar-refractivity contribution in [1.29, 1.82) is 0 Å². The van der Waals surface area contributed by atoms with Crippen LogP contribution in [0, 0.1) is 12.7 Å².